The maximum atomic E-state index is 13.3. The van der Waals surface area contributed by atoms with Gasteiger partial charge in [-0.2, -0.15) is 0 Å². The molecule has 2 aliphatic heterocycles. The predicted molar refractivity (Wildman–Crippen MR) is 117 cm³/mol. The zero-order valence-electron chi connectivity index (χ0n) is 19.4. The second-order valence-corrected chi connectivity index (χ2v) is 11.0. The van der Waals surface area contributed by atoms with Gasteiger partial charge < -0.3 is 29.0 Å². The van der Waals surface area contributed by atoms with E-state index in [2.05, 4.69) is 4.98 Å². The van der Waals surface area contributed by atoms with Gasteiger partial charge in [-0.05, 0) is 20.8 Å². The molecular formula is C20H30N3O10P. The summed E-state index contributed by atoms with van der Waals surface area (Å²) >= 11 is 0. The van der Waals surface area contributed by atoms with Gasteiger partial charge in [0.05, 0.1) is 43.5 Å². The SMILES string of the molecule is CC(=O)O[C@H](COP1(=O)C[C@@H]2[C@@H](CO1)O[C@@H](n1ccc(=O)[nH]c1=O)[C@]2(C)N)CC(=O)OC(C)C. The number of H-pyrrole nitrogens is 1. The third-order valence-corrected chi connectivity index (χ3v) is 7.52. The van der Waals surface area contributed by atoms with Crippen LogP contribution in [0.2, 0.25) is 0 Å². The van der Waals surface area contributed by atoms with Crippen molar-refractivity contribution in [3.63, 3.8) is 0 Å². The number of nitrogens with zero attached hydrogens (tertiary/aromatic N) is 1. The number of aromatic amines is 1. The lowest BCUT2D eigenvalue weighted by Gasteiger charge is -2.36. The summed E-state index contributed by atoms with van der Waals surface area (Å²) in [5.41, 5.74) is 4.12. The van der Waals surface area contributed by atoms with Crippen LogP contribution in [0, 0.1) is 5.92 Å². The van der Waals surface area contributed by atoms with Crippen LogP contribution in [0.15, 0.2) is 21.9 Å². The number of fused-ring (bicyclic) bond motifs is 1. The first-order chi connectivity index (χ1) is 15.8. The fourth-order valence-corrected chi connectivity index (χ4v) is 6.23. The van der Waals surface area contributed by atoms with Crippen molar-refractivity contribution in [3.05, 3.63) is 33.1 Å². The number of carbonyl (C=O) groups is 2. The largest absolute Gasteiger partial charge is 0.463 e. The molecule has 190 valence electrons. The smallest absolute Gasteiger partial charge is 0.331 e. The summed E-state index contributed by atoms with van der Waals surface area (Å²) in [6.07, 6.45) is -2.01. The van der Waals surface area contributed by atoms with Crippen LogP contribution in [-0.4, -0.2) is 64.7 Å². The van der Waals surface area contributed by atoms with Crippen molar-refractivity contribution < 1.29 is 37.4 Å². The average Bonchev–Trinajstić information content (AvgIpc) is 2.95. The van der Waals surface area contributed by atoms with Crippen molar-refractivity contribution in [1.29, 1.82) is 0 Å². The molecule has 3 heterocycles. The summed E-state index contributed by atoms with van der Waals surface area (Å²) in [7, 11) is -3.72. The fourth-order valence-electron chi connectivity index (χ4n) is 4.07. The van der Waals surface area contributed by atoms with Gasteiger partial charge in [-0.3, -0.25) is 28.5 Å². The monoisotopic (exact) mass is 503 g/mol. The minimum atomic E-state index is -3.72. The van der Waals surface area contributed by atoms with Crippen LogP contribution in [0.3, 0.4) is 0 Å². The molecule has 34 heavy (non-hydrogen) atoms. The summed E-state index contributed by atoms with van der Waals surface area (Å²) in [5, 5.41) is 0. The summed E-state index contributed by atoms with van der Waals surface area (Å²) in [5.74, 6) is -1.75. The third kappa shape index (κ3) is 6.02. The third-order valence-electron chi connectivity index (χ3n) is 5.59. The lowest BCUT2D eigenvalue weighted by atomic mass is 9.85. The van der Waals surface area contributed by atoms with E-state index in [-0.39, 0.29) is 31.9 Å². The topological polar surface area (TPSA) is 178 Å². The van der Waals surface area contributed by atoms with Crippen LogP contribution in [0.25, 0.3) is 0 Å². The Hall–Kier alpha value is -2.31. The van der Waals surface area contributed by atoms with E-state index in [1.807, 2.05) is 0 Å². The van der Waals surface area contributed by atoms with Crippen LogP contribution < -0.4 is 17.0 Å². The molecular weight excluding hydrogens is 473 g/mol. The lowest BCUT2D eigenvalue weighted by Crippen LogP contribution is -2.52. The summed E-state index contributed by atoms with van der Waals surface area (Å²) < 4.78 is 41.6. The summed E-state index contributed by atoms with van der Waals surface area (Å²) in [4.78, 5) is 49.2. The van der Waals surface area contributed by atoms with Gasteiger partial charge in [-0.1, -0.05) is 0 Å². The number of hydrogen-bond acceptors (Lipinski definition) is 11. The Kier molecular flexibility index (Phi) is 7.83. The second-order valence-electron chi connectivity index (χ2n) is 8.88. The van der Waals surface area contributed by atoms with E-state index in [1.165, 1.54) is 23.8 Å². The van der Waals surface area contributed by atoms with Crippen LogP contribution in [0.5, 0.6) is 0 Å². The maximum Gasteiger partial charge on any atom is 0.331 e. The number of nitrogens with one attached hydrogen (secondary N) is 1. The maximum absolute atomic E-state index is 13.3. The number of carbonyl (C=O) groups excluding carboxylic acids is 2. The Labute approximate surface area is 195 Å². The van der Waals surface area contributed by atoms with E-state index >= 15 is 0 Å². The first-order valence-electron chi connectivity index (χ1n) is 10.8. The first-order valence-corrected chi connectivity index (χ1v) is 12.5. The highest BCUT2D eigenvalue weighted by Crippen LogP contribution is 2.58. The van der Waals surface area contributed by atoms with Crippen molar-refractivity contribution in [2.24, 2.45) is 11.7 Å². The number of rotatable bonds is 8. The highest BCUT2D eigenvalue weighted by Gasteiger charge is 2.57. The molecule has 0 bridgehead atoms. The van der Waals surface area contributed by atoms with Gasteiger partial charge in [0, 0.05) is 25.1 Å². The average molecular weight is 503 g/mol. The molecule has 1 unspecified atom stereocenters. The molecule has 6 atom stereocenters. The quantitative estimate of drug-likeness (QED) is 0.368. The second kappa shape index (κ2) is 10.1. The van der Waals surface area contributed by atoms with Crippen LogP contribution >= 0.6 is 7.60 Å². The van der Waals surface area contributed by atoms with Crippen molar-refractivity contribution in [1.82, 2.24) is 9.55 Å². The zero-order valence-corrected chi connectivity index (χ0v) is 20.3. The highest BCUT2D eigenvalue weighted by molar-refractivity contribution is 7.53. The molecule has 13 nitrogen and oxygen atoms in total. The van der Waals surface area contributed by atoms with Gasteiger partial charge >= 0.3 is 25.2 Å². The zero-order chi connectivity index (χ0) is 25.3. The molecule has 3 N–H and O–H groups in total. The van der Waals surface area contributed by atoms with Gasteiger partial charge in [-0.25, -0.2) is 4.79 Å². The van der Waals surface area contributed by atoms with Crippen molar-refractivity contribution in [3.8, 4) is 0 Å². The molecule has 0 amide bonds. The number of nitrogens with two attached hydrogens (primary N) is 1. The molecule has 0 saturated carbocycles. The van der Waals surface area contributed by atoms with Gasteiger partial charge in [0.15, 0.2) is 6.23 Å². The van der Waals surface area contributed by atoms with Crippen LogP contribution in [0.1, 0.15) is 40.3 Å². The standard InChI is InChI=1S/C20H30N3O10P/c1-11(2)31-17(26)7-13(32-12(3)24)8-29-34(28)10-14-15(9-30-34)33-18(20(14,4)21)23-6-5-16(25)22-19(23)27/h5-6,11,13-15,18H,7-10,21H2,1-4H3,(H,22,25,27)/t13-,14+,15+,18+,20+,34?/m0/s1. The number of aromatic nitrogens is 2. The minimum Gasteiger partial charge on any atom is -0.463 e. The van der Waals surface area contributed by atoms with E-state index in [4.69, 9.17) is 29.0 Å². The van der Waals surface area contributed by atoms with E-state index in [1.54, 1.807) is 20.8 Å². The molecule has 2 aliphatic rings. The lowest BCUT2D eigenvalue weighted by molar-refractivity contribution is -0.157. The summed E-state index contributed by atoms with van der Waals surface area (Å²) in [6.45, 7) is 5.73. The molecule has 0 spiro atoms. The Balaban J connectivity index is 1.71. The minimum absolute atomic E-state index is 0.114. The van der Waals surface area contributed by atoms with E-state index in [9.17, 15) is 23.7 Å². The Morgan fingerprint density at radius 1 is 1.35 bits per heavy atom. The molecule has 1 aromatic rings. The Bertz CT molecular complexity index is 1080. The Morgan fingerprint density at radius 2 is 2.06 bits per heavy atom. The van der Waals surface area contributed by atoms with Gasteiger partial charge in [0.1, 0.15) is 6.10 Å². The molecule has 0 radical (unpaired) electrons. The van der Waals surface area contributed by atoms with E-state index in [0.29, 0.717) is 0 Å². The molecule has 0 aromatic carbocycles. The van der Waals surface area contributed by atoms with Crippen molar-refractivity contribution >= 4 is 19.5 Å². The van der Waals surface area contributed by atoms with E-state index < -0.39 is 60.7 Å². The van der Waals surface area contributed by atoms with Crippen molar-refractivity contribution in [2.45, 2.75) is 64.2 Å². The molecule has 2 saturated heterocycles. The van der Waals surface area contributed by atoms with Crippen molar-refractivity contribution in [2.75, 3.05) is 19.4 Å². The van der Waals surface area contributed by atoms with Crippen LogP contribution in [0.4, 0.5) is 0 Å². The highest BCUT2D eigenvalue weighted by atomic mass is 31.2. The number of ether oxygens (including phenoxy) is 3. The number of hydrogen-bond donors (Lipinski definition) is 2. The van der Waals surface area contributed by atoms with E-state index in [0.717, 1.165) is 0 Å². The first kappa shape index (κ1) is 26.3. The predicted octanol–water partition coefficient (Wildman–Crippen LogP) is 0.281. The molecule has 3 rings (SSSR count). The molecule has 2 fully saturated rings. The molecule has 14 heteroatoms. The fraction of sp³-hybridized carbons (Fsp3) is 0.700. The number of esters is 2. The van der Waals surface area contributed by atoms with Gasteiger partial charge in [-0.15, -0.1) is 0 Å². The normalized spacial score (nSPS) is 31.6. The molecule has 1 aromatic heterocycles. The van der Waals surface area contributed by atoms with Gasteiger partial charge in [0.2, 0.25) is 0 Å². The molecule has 0 aliphatic carbocycles. The Morgan fingerprint density at radius 3 is 2.68 bits per heavy atom. The van der Waals surface area contributed by atoms with Gasteiger partial charge in [0.25, 0.3) is 5.56 Å². The van der Waals surface area contributed by atoms with Crippen LogP contribution in [-0.2, 0) is 37.4 Å². The summed E-state index contributed by atoms with van der Waals surface area (Å²) in [6, 6.07) is 1.17.